The maximum Gasteiger partial charge on any atom is 0.328 e. The van der Waals surface area contributed by atoms with Gasteiger partial charge in [0.1, 0.15) is 5.54 Å². The molecule has 0 heterocycles. The van der Waals surface area contributed by atoms with Crippen LogP contribution in [-0.4, -0.2) is 11.1 Å². The van der Waals surface area contributed by atoms with Gasteiger partial charge in [0.05, 0.1) is 0 Å². The van der Waals surface area contributed by atoms with Crippen LogP contribution in [0.4, 0.5) is 5.69 Å². The third kappa shape index (κ3) is 1.98. The molecule has 0 spiro atoms. The molecule has 4 nitrogen and oxygen atoms in total. The van der Waals surface area contributed by atoms with E-state index in [2.05, 4.69) is 22.6 Å². The number of nitrogen functional groups attached to an aromatic ring is 1. The zero-order valence-electron chi connectivity index (χ0n) is 7.62. The van der Waals surface area contributed by atoms with Crippen LogP contribution in [0.5, 0.6) is 0 Å². The number of aliphatic carboxylic acids is 1. The van der Waals surface area contributed by atoms with Crippen molar-refractivity contribution in [3.05, 3.63) is 27.3 Å². The van der Waals surface area contributed by atoms with E-state index in [9.17, 15) is 4.79 Å². The minimum atomic E-state index is -1.44. The molecule has 0 bridgehead atoms. The summed E-state index contributed by atoms with van der Waals surface area (Å²) in [5.41, 5.74) is 10.7. The Labute approximate surface area is 95.4 Å². The zero-order valence-corrected chi connectivity index (χ0v) is 9.78. The van der Waals surface area contributed by atoms with Crippen molar-refractivity contribution in [2.75, 3.05) is 5.73 Å². The first-order valence-electron chi connectivity index (χ1n) is 3.93. The molecule has 0 aliphatic rings. The maximum absolute atomic E-state index is 10.9. The van der Waals surface area contributed by atoms with E-state index < -0.39 is 11.5 Å². The van der Waals surface area contributed by atoms with E-state index >= 15 is 0 Å². The number of hydrogen-bond acceptors (Lipinski definition) is 3. The fourth-order valence-corrected chi connectivity index (χ4v) is 1.58. The number of carboxylic acid groups (broad SMARTS) is 1. The van der Waals surface area contributed by atoms with Crippen LogP contribution >= 0.6 is 22.6 Å². The smallest absolute Gasteiger partial charge is 0.328 e. The molecule has 0 unspecified atom stereocenters. The molecule has 0 aliphatic carbocycles. The molecule has 1 rings (SSSR count). The number of nitrogens with two attached hydrogens (primary N) is 2. The van der Waals surface area contributed by atoms with Crippen LogP contribution < -0.4 is 11.5 Å². The Kier molecular flexibility index (Phi) is 3.01. The average molecular weight is 306 g/mol. The van der Waals surface area contributed by atoms with E-state index in [0.717, 1.165) is 3.57 Å². The van der Waals surface area contributed by atoms with Gasteiger partial charge in [-0.3, -0.25) is 0 Å². The van der Waals surface area contributed by atoms with E-state index in [-0.39, 0.29) is 0 Å². The van der Waals surface area contributed by atoms with E-state index in [4.69, 9.17) is 16.6 Å². The average Bonchev–Trinajstić information content (AvgIpc) is 2.08. The molecule has 5 heteroatoms. The van der Waals surface area contributed by atoms with E-state index in [1.54, 1.807) is 18.2 Å². The molecule has 1 atom stereocenters. The lowest BCUT2D eigenvalue weighted by Gasteiger charge is -2.21. The Morgan fingerprint density at radius 3 is 2.64 bits per heavy atom. The summed E-state index contributed by atoms with van der Waals surface area (Å²) >= 11 is 2.08. The number of hydrogen-bond donors (Lipinski definition) is 3. The van der Waals surface area contributed by atoms with Gasteiger partial charge in [0.2, 0.25) is 0 Å². The Bertz CT molecular complexity index is 377. The van der Waals surface area contributed by atoms with Crippen LogP contribution in [0.25, 0.3) is 0 Å². The number of anilines is 1. The monoisotopic (exact) mass is 306 g/mol. The molecule has 76 valence electrons. The third-order valence-corrected chi connectivity index (χ3v) is 2.69. The van der Waals surface area contributed by atoms with Crippen molar-refractivity contribution in [2.45, 2.75) is 12.5 Å². The molecule has 5 N–H and O–H groups in total. The highest BCUT2D eigenvalue weighted by atomic mass is 127. The highest BCUT2D eigenvalue weighted by Crippen LogP contribution is 2.26. The summed E-state index contributed by atoms with van der Waals surface area (Å²) in [5, 5.41) is 8.93. The first-order chi connectivity index (χ1) is 6.35. The molecule has 0 radical (unpaired) electrons. The van der Waals surface area contributed by atoms with Crippen molar-refractivity contribution < 1.29 is 9.90 Å². The van der Waals surface area contributed by atoms with E-state index in [1.165, 1.54) is 6.92 Å². The lowest BCUT2D eigenvalue weighted by molar-refractivity contribution is -0.143. The van der Waals surface area contributed by atoms with Gasteiger partial charge in [0.25, 0.3) is 0 Å². The molecule has 0 aliphatic heterocycles. The molecule has 1 aromatic rings. The number of carbonyl (C=O) groups is 1. The van der Waals surface area contributed by atoms with Crippen LogP contribution in [0, 0.1) is 3.57 Å². The Balaban J connectivity index is 3.31. The molecular weight excluding hydrogens is 295 g/mol. The third-order valence-electron chi connectivity index (χ3n) is 2.02. The lowest BCUT2D eigenvalue weighted by atomic mass is 9.92. The van der Waals surface area contributed by atoms with Gasteiger partial charge in [0.15, 0.2) is 0 Å². The van der Waals surface area contributed by atoms with Gasteiger partial charge >= 0.3 is 5.97 Å². The standard InChI is InChI=1S/C9H11IN2O2/c1-9(12,8(13)14)6-4-5(10)2-3-7(6)11/h2-4H,11-12H2,1H3,(H,13,14)/t9-/m1/s1. The fourth-order valence-electron chi connectivity index (χ4n) is 1.09. The largest absolute Gasteiger partial charge is 0.480 e. The molecule has 0 fully saturated rings. The van der Waals surface area contributed by atoms with Gasteiger partial charge in [-0.05, 0) is 47.7 Å². The zero-order chi connectivity index (χ0) is 10.9. The molecule has 0 amide bonds. The molecule has 0 saturated carbocycles. The number of carboxylic acids is 1. The van der Waals surface area contributed by atoms with Crippen LogP contribution in [0.15, 0.2) is 18.2 Å². The summed E-state index contributed by atoms with van der Waals surface area (Å²) in [7, 11) is 0. The summed E-state index contributed by atoms with van der Waals surface area (Å²) in [6, 6.07) is 5.15. The van der Waals surface area contributed by atoms with Crippen LogP contribution in [-0.2, 0) is 10.3 Å². The highest BCUT2D eigenvalue weighted by Gasteiger charge is 2.32. The first kappa shape index (κ1) is 11.3. The minimum absolute atomic E-state index is 0.401. The topological polar surface area (TPSA) is 89.3 Å². The second-order valence-electron chi connectivity index (χ2n) is 3.24. The van der Waals surface area contributed by atoms with Gasteiger partial charge < -0.3 is 16.6 Å². The molecular formula is C9H11IN2O2. The summed E-state index contributed by atoms with van der Waals surface area (Å²) in [5.74, 6) is -1.09. The highest BCUT2D eigenvalue weighted by molar-refractivity contribution is 14.1. The van der Waals surface area contributed by atoms with E-state index in [0.29, 0.717) is 11.3 Å². The Morgan fingerprint density at radius 2 is 2.14 bits per heavy atom. The number of rotatable bonds is 2. The molecule has 0 aromatic heterocycles. The predicted octanol–water partition coefficient (Wildman–Crippen LogP) is 1.13. The van der Waals surface area contributed by atoms with Crippen molar-refractivity contribution in [1.82, 2.24) is 0 Å². The fraction of sp³-hybridized carbons (Fsp3) is 0.222. The first-order valence-corrected chi connectivity index (χ1v) is 5.01. The van der Waals surface area contributed by atoms with Crippen molar-refractivity contribution in [1.29, 1.82) is 0 Å². The second kappa shape index (κ2) is 3.74. The summed E-state index contributed by atoms with van der Waals surface area (Å²) < 4.78 is 0.907. The van der Waals surface area contributed by atoms with Crippen molar-refractivity contribution in [3.63, 3.8) is 0 Å². The molecule has 14 heavy (non-hydrogen) atoms. The minimum Gasteiger partial charge on any atom is -0.480 e. The van der Waals surface area contributed by atoms with Crippen LogP contribution in [0.3, 0.4) is 0 Å². The molecule has 1 aromatic carbocycles. The SMILES string of the molecule is C[C@](N)(C(=O)O)c1cc(I)ccc1N. The van der Waals surface area contributed by atoms with Gasteiger partial charge in [-0.2, -0.15) is 0 Å². The Morgan fingerprint density at radius 1 is 1.57 bits per heavy atom. The second-order valence-corrected chi connectivity index (χ2v) is 4.48. The summed E-state index contributed by atoms with van der Waals surface area (Å²) in [6.07, 6.45) is 0. The predicted molar refractivity (Wildman–Crippen MR) is 62.7 cm³/mol. The van der Waals surface area contributed by atoms with Gasteiger partial charge in [-0.25, -0.2) is 4.79 Å². The lowest BCUT2D eigenvalue weighted by Crippen LogP contribution is -2.42. The van der Waals surface area contributed by atoms with Gasteiger partial charge in [-0.1, -0.05) is 0 Å². The summed E-state index contributed by atoms with van der Waals surface area (Å²) in [6.45, 7) is 1.43. The van der Waals surface area contributed by atoms with Gasteiger partial charge in [-0.15, -0.1) is 0 Å². The van der Waals surface area contributed by atoms with Crippen molar-refractivity contribution in [2.24, 2.45) is 5.73 Å². The molecule has 0 saturated heterocycles. The normalized spacial score (nSPS) is 14.8. The van der Waals surface area contributed by atoms with Crippen LogP contribution in [0.2, 0.25) is 0 Å². The summed E-state index contributed by atoms with van der Waals surface area (Å²) in [4.78, 5) is 10.9. The van der Waals surface area contributed by atoms with Crippen LogP contribution in [0.1, 0.15) is 12.5 Å². The quantitative estimate of drug-likeness (QED) is 0.564. The number of benzene rings is 1. The van der Waals surface area contributed by atoms with E-state index in [1.807, 2.05) is 0 Å². The number of halogens is 1. The van der Waals surface area contributed by atoms with Crippen molar-refractivity contribution >= 4 is 34.2 Å². The van der Waals surface area contributed by atoms with Crippen molar-refractivity contribution in [3.8, 4) is 0 Å². The maximum atomic E-state index is 10.9. The Hall–Kier alpha value is -0.820. The van der Waals surface area contributed by atoms with Gasteiger partial charge in [0, 0.05) is 14.8 Å².